The summed E-state index contributed by atoms with van der Waals surface area (Å²) in [5.41, 5.74) is 5.79. The van der Waals surface area contributed by atoms with Gasteiger partial charge in [0.15, 0.2) is 0 Å². The highest BCUT2D eigenvalue weighted by molar-refractivity contribution is 5.79. The zero-order chi connectivity index (χ0) is 24.6. The number of nitrogens with two attached hydrogens (primary N) is 1. The summed E-state index contributed by atoms with van der Waals surface area (Å²) < 4.78 is 16.6. The first-order valence-electron chi connectivity index (χ1n) is 11.2. The molecular formula is C23H37N3O7. The molecule has 0 bridgehead atoms. The van der Waals surface area contributed by atoms with Crippen LogP contribution in [-0.4, -0.2) is 56.3 Å². The third-order valence-electron chi connectivity index (χ3n) is 4.94. The van der Waals surface area contributed by atoms with Gasteiger partial charge < -0.3 is 35.7 Å². The number of carbonyl (C=O) groups excluding carboxylic acids is 3. The highest BCUT2D eigenvalue weighted by atomic mass is 16.5. The minimum Gasteiger partial charge on any atom is -0.496 e. The Hall–Kier alpha value is -3.01. The number of unbranched alkanes of at least 4 members (excludes halogenated alkanes) is 1. The molecular weight excluding hydrogens is 430 g/mol. The predicted molar refractivity (Wildman–Crippen MR) is 123 cm³/mol. The quantitative estimate of drug-likeness (QED) is 0.253. The summed E-state index contributed by atoms with van der Waals surface area (Å²) in [6, 6.07) is 3.43. The number of primary amides is 1. The monoisotopic (exact) mass is 467 g/mol. The Morgan fingerprint density at radius 3 is 2.12 bits per heavy atom. The second-order valence-corrected chi connectivity index (χ2v) is 7.57. The molecule has 0 saturated carbocycles. The van der Waals surface area contributed by atoms with Gasteiger partial charge in [-0.15, -0.1) is 0 Å². The van der Waals surface area contributed by atoms with Gasteiger partial charge in [-0.1, -0.05) is 6.92 Å². The van der Waals surface area contributed by atoms with Crippen molar-refractivity contribution in [3.8, 4) is 17.2 Å². The summed E-state index contributed by atoms with van der Waals surface area (Å²) in [7, 11) is 3.04. The molecule has 1 atom stereocenters. The van der Waals surface area contributed by atoms with Crippen molar-refractivity contribution in [3.63, 3.8) is 0 Å². The SMILES string of the molecule is CCC(O)CNC(=O)CCCC(=O)NCc1c(OC)cc(OCCCCC(N)=O)cc1OC. The molecule has 5 N–H and O–H groups in total. The fourth-order valence-electron chi connectivity index (χ4n) is 2.96. The van der Waals surface area contributed by atoms with Gasteiger partial charge in [-0.2, -0.15) is 0 Å². The van der Waals surface area contributed by atoms with E-state index in [0.29, 0.717) is 61.5 Å². The first-order chi connectivity index (χ1) is 15.8. The van der Waals surface area contributed by atoms with Crippen molar-refractivity contribution < 1.29 is 33.7 Å². The van der Waals surface area contributed by atoms with E-state index in [2.05, 4.69) is 10.6 Å². The van der Waals surface area contributed by atoms with Crippen molar-refractivity contribution >= 4 is 17.7 Å². The number of aliphatic hydroxyl groups excluding tert-OH is 1. The van der Waals surface area contributed by atoms with Crippen LogP contribution in [0.4, 0.5) is 0 Å². The fourth-order valence-corrected chi connectivity index (χ4v) is 2.96. The molecule has 1 rings (SSSR count). The largest absolute Gasteiger partial charge is 0.496 e. The number of aliphatic hydroxyl groups is 1. The van der Waals surface area contributed by atoms with Gasteiger partial charge in [0.2, 0.25) is 17.7 Å². The summed E-state index contributed by atoms with van der Waals surface area (Å²) >= 11 is 0. The molecule has 0 radical (unpaired) electrons. The normalized spacial score (nSPS) is 11.4. The lowest BCUT2D eigenvalue weighted by molar-refractivity contribution is -0.123. The Morgan fingerprint density at radius 1 is 0.970 bits per heavy atom. The Balaban J connectivity index is 2.53. The van der Waals surface area contributed by atoms with Crippen LogP contribution in [0.5, 0.6) is 17.2 Å². The van der Waals surface area contributed by atoms with E-state index in [9.17, 15) is 19.5 Å². The lowest BCUT2D eigenvalue weighted by Gasteiger charge is -2.16. The highest BCUT2D eigenvalue weighted by Gasteiger charge is 2.15. The number of amides is 3. The molecule has 1 unspecified atom stereocenters. The van der Waals surface area contributed by atoms with E-state index < -0.39 is 6.10 Å². The maximum atomic E-state index is 12.2. The number of nitrogens with one attached hydrogen (secondary N) is 2. The van der Waals surface area contributed by atoms with Gasteiger partial charge in [0.05, 0.1) is 39.0 Å². The van der Waals surface area contributed by atoms with Crippen LogP contribution in [0, 0.1) is 0 Å². The van der Waals surface area contributed by atoms with Gasteiger partial charge in [-0.25, -0.2) is 0 Å². The van der Waals surface area contributed by atoms with Gasteiger partial charge in [-0.05, 0) is 25.7 Å². The van der Waals surface area contributed by atoms with E-state index in [1.54, 1.807) is 12.1 Å². The number of rotatable bonds is 17. The van der Waals surface area contributed by atoms with E-state index >= 15 is 0 Å². The van der Waals surface area contributed by atoms with Crippen LogP contribution in [0.1, 0.15) is 57.4 Å². The van der Waals surface area contributed by atoms with Crippen LogP contribution in [-0.2, 0) is 20.9 Å². The van der Waals surface area contributed by atoms with E-state index in [4.69, 9.17) is 19.9 Å². The molecule has 0 fully saturated rings. The number of hydrogen-bond acceptors (Lipinski definition) is 7. The molecule has 10 heteroatoms. The Bertz CT molecular complexity index is 745. The molecule has 10 nitrogen and oxygen atoms in total. The van der Waals surface area contributed by atoms with E-state index in [1.165, 1.54) is 14.2 Å². The van der Waals surface area contributed by atoms with Gasteiger partial charge >= 0.3 is 0 Å². The molecule has 0 aromatic heterocycles. The molecule has 33 heavy (non-hydrogen) atoms. The maximum Gasteiger partial charge on any atom is 0.220 e. The topological polar surface area (TPSA) is 149 Å². The van der Waals surface area contributed by atoms with Gasteiger partial charge in [-0.3, -0.25) is 14.4 Å². The fraction of sp³-hybridized carbons (Fsp3) is 0.609. The second-order valence-electron chi connectivity index (χ2n) is 7.57. The van der Waals surface area contributed by atoms with Crippen LogP contribution in [0.15, 0.2) is 12.1 Å². The molecule has 3 amide bonds. The summed E-state index contributed by atoms with van der Waals surface area (Å²) in [4.78, 5) is 34.7. The van der Waals surface area contributed by atoms with Crippen molar-refractivity contribution in [2.24, 2.45) is 5.73 Å². The van der Waals surface area contributed by atoms with E-state index in [1.807, 2.05) is 6.92 Å². The van der Waals surface area contributed by atoms with Crippen LogP contribution in [0.25, 0.3) is 0 Å². The Morgan fingerprint density at radius 2 is 1.58 bits per heavy atom. The van der Waals surface area contributed by atoms with Crippen molar-refractivity contribution in [2.75, 3.05) is 27.4 Å². The predicted octanol–water partition coefficient (Wildman–Crippen LogP) is 1.41. The average Bonchev–Trinajstić information content (AvgIpc) is 2.80. The first kappa shape index (κ1) is 28.0. The molecule has 0 spiro atoms. The third-order valence-corrected chi connectivity index (χ3v) is 4.94. The van der Waals surface area contributed by atoms with Gasteiger partial charge in [0.1, 0.15) is 17.2 Å². The smallest absolute Gasteiger partial charge is 0.220 e. The third kappa shape index (κ3) is 11.4. The standard InChI is InChI=1S/C23H37N3O7/c1-4-16(27)14-25-22(29)9-7-10-23(30)26-15-18-19(31-2)12-17(13-20(18)32-3)33-11-6-5-8-21(24)28/h12-13,16,27H,4-11,14-15H2,1-3H3,(H2,24,28)(H,25,29)(H,26,30). The number of benzene rings is 1. The average molecular weight is 468 g/mol. The van der Waals surface area contributed by atoms with E-state index in [0.717, 1.165) is 0 Å². The highest BCUT2D eigenvalue weighted by Crippen LogP contribution is 2.34. The molecule has 0 heterocycles. The van der Waals surface area contributed by atoms with Crippen LogP contribution >= 0.6 is 0 Å². The van der Waals surface area contributed by atoms with Crippen LogP contribution in [0.2, 0.25) is 0 Å². The maximum absolute atomic E-state index is 12.2. The van der Waals surface area contributed by atoms with Gasteiger partial charge in [0.25, 0.3) is 0 Å². The van der Waals surface area contributed by atoms with Crippen molar-refractivity contribution in [3.05, 3.63) is 17.7 Å². The van der Waals surface area contributed by atoms with Gasteiger partial charge in [0, 0.05) is 37.9 Å². The Labute approximate surface area is 195 Å². The number of hydrogen-bond donors (Lipinski definition) is 4. The lowest BCUT2D eigenvalue weighted by atomic mass is 10.1. The zero-order valence-electron chi connectivity index (χ0n) is 19.8. The summed E-state index contributed by atoms with van der Waals surface area (Å²) in [6.45, 7) is 2.66. The zero-order valence-corrected chi connectivity index (χ0v) is 19.8. The van der Waals surface area contributed by atoms with Crippen molar-refractivity contribution in [1.82, 2.24) is 10.6 Å². The molecule has 0 aliphatic rings. The molecule has 0 aliphatic heterocycles. The summed E-state index contributed by atoms with van der Waals surface area (Å²) in [5.74, 6) is 0.849. The summed E-state index contributed by atoms with van der Waals surface area (Å²) in [5, 5.41) is 14.9. The molecule has 1 aromatic carbocycles. The minimum absolute atomic E-state index is 0.191. The van der Waals surface area contributed by atoms with Crippen LogP contribution in [0.3, 0.4) is 0 Å². The second kappa shape index (κ2) is 15.7. The summed E-state index contributed by atoms with van der Waals surface area (Å²) in [6.07, 6.45) is 2.47. The van der Waals surface area contributed by atoms with E-state index in [-0.39, 0.29) is 43.7 Å². The number of methoxy groups -OCH3 is 2. The molecule has 1 aromatic rings. The van der Waals surface area contributed by atoms with Crippen molar-refractivity contribution in [2.45, 2.75) is 64.5 Å². The minimum atomic E-state index is -0.555. The van der Waals surface area contributed by atoms with Crippen LogP contribution < -0.4 is 30.6 Å². The first-order valence-corrected chi connectivity index (χ1v) is 11.2. The molecule has 0 saturated heterocycles. The lowest BCUT2D eigenvalue weighted by Crippen LogP contribution is -2.31. The number of ether oxygens (including phenoxy) is 3. The molecule has 186 valence electrons. The number of carbonyl (C=O) groups is 3. The van der Waals surface area contributed by atoms with Crippen molar-refractivity contribution in [1.29, 1.82) is 0 Å². The molecule has 0 aliphatic carbocycles. The Kier molecular flexibility index (Phi) is 13.4.